The van der Waals surface area contributed by atoms with Crippen LogP contribution in [0.15, 0.2) is 91.0 Å². The van der Waals surface area contributed by atoms with Crippen LogP contribution in [-0.4, -0.2) is 35.8 Å². The minimum atomic E-state index is -0.937. The van der Waals surface area contributed by atoms with Gasteiger partial charge in [-0.3, -0.25) is 19.3 Å². The number of rotatable bonds is 8. The number of amides is 3. The lowest BCUT2D eigenvalue weighted by Crippen LogP contribution is -2.49. The van der Waals surface area contributed by atoms with E-state index in [-0.39, 0.29) is 47.8 Å². The Kier molecular flexibility index (Phi) is 5.95. The molecular formula is C33H30N2O5. The molecule has 3 fully saturated rings. The zero-order chi connectivity index (χ0) is 27.4. The van der Waals surface area contributed by atoms with Crippen molar-refractivity contribution >= 4 is 23.4 Å². The molecule has 202 valence electrons. The van der Waals surface area contributed by atoms with Gasteiger partial charge >= 0.3 is 0 Å². The van der Waals surface area contributed by atoms with Gasteiger partial charge in [0, 0.05) is 12.1 Å². The first kappa shape index (κ1) is 24.6. The number of imide groups is 1. The van der Waals surface area contributed by atoms with Crippen LogP contribution in [0, 0.1) is 35.5 Å². The van der Waals surface area contributed by atoms with Gasteiger partial charge in [-0.25, -0.2) is 0 Å². The molecule has 3 amide bonds. The first-order valence-corrected chi connectivity index (χ1v) is 13.8. The van der Waals surface area contributed by atoms with Crippen LogP contribution in [0.1, 0.15) is 12.0 Å². The Morgan fingerprint density at radius 2 is 1.45 bits per heavy atom. The summed E-state index contributed by atoms with van der Waals surface area (Å²) < 4.78 is 11.3. The summed E-state index contributed by atoms with van der Waals surface area (Å²) >= 11 is 0. The maximum Gasteiger partial charge on any atom is 0.248 e. The lowest BCUT2D eigenvalue weighted by atomic mass is 9.63. The first-order chi connectivity index (χ1) is 19.5. The molecule has 8 rings (SSSR count). The number of carbonyl (C=O) groups is 3. The van der Waals surface area contributed by atoms with Crippen molar-refractivity contribution in [1.82, 2.24) is 4.90 Å². The molecule has 1 aliphatic heterocycles. The number of nitrogens with zero attached hydrogens (tertiary/aromatic N) is 1. The van der Waals surface area contributed by atoms with Gasteiger partial charge in [-0.05, 0) is 72.1 Å². The summed E-state index contributed by atoms with van der Waals surface area (Å²) in [6, 6.07) is 23.0. The van der Waals surface area contributed by atoms with Crippen molar-refractivity contribution in [1.29, 1.82) is 0 Å². The van der Waals surface area contributed by atoms with E-state index in [0.29, 0.717) is 34.8 Å². The predicted octanol–water partition coefficient (Wildman–Crippen LogP) is 5.09. The molecule has 1 heterocycles. The summed E-state index contributed by atoms with van der Waals surface area (Å²) in [4.78, 5) is 42.7. The quantitative estimate of drug-likeness (QED) is 0.322. The van der Waals surface area contributed by atoms with Crippen molar-refractivity contribution < 1.29 is 23.9 Å². The molecule has 7 atom stereocenters. The molecule has 2 bridgehead atoms. The molecule has 3 aromatic carbocycles. The SMILES string of the molecule is COc1ccccc1Oc1ccc(NC(=O)[C@H](Cc2ccccc2)N2C(=O)[C@@H]3[C@H]4C=C[C@@H]([C@@H]5C[C@H]45)[C@@H]3C2=O)cc1. The molecule has 40 heavy (non-hydrogen) atoms. The van der Waals surface area contributed by atoms with Gasteiger partial charge in [0.2, 0.25) is 17.7 Å². The second-order valence-corrected chi connectivity index (χ2v) is 11.2. The molecule has 7 nitrogen and oxygen atoms in total. The van der Waals surface area contributed by atoms with E-state index < -0.39 is 6.04 Å². The molecular weight excluding hydrogens is 504 g/mol. The van der Waals surface area contributed by atoms with E-state index in [0.717, 1.165) is 12.0 Å². The van der Waals surface area contributed by atoms with Gasteiger partial charge < -0.3 is 14.8 Å². The molecule has 4 aliphatic carbocycles. The Hall–Kier alpha value is -4.39. The Balaban J connectivity index is 1.13. The zero-order valence-electron chi connectivity index (χ0n) is 22.1. The zero-order valence-corrected chi connectivity index (χ0v) is 22.1. The van der Waals surface area contributed by atoms with Gasteiger partial charge in [-0.1, -0.05) is 54.6 Å². The predicted molar refractivity (Wildman–Crippen MR) is 149 cm³/mol. The number of methoxy groups -OCH3 is 1. The van der Waals surface area contributed by atoms with Gasteiger partial charge in [0.15, 0.2) is 11.5 Å². The van der Waals surface area contributed by atoms with Crippen molar-refractivity contribution in [2.75, 3.05) is 12.4 Å². The number of anilines is 1. The van der Waals surface area contributed by atoms with Gasteiger partial charge in [0.05, 0.1) is 18.9 Å². The van der Waals surface area contributed by atoms with Crippen molar-refractivity contribution in [3.8, 4) is 17.2 Å². The largest absolute Gasteiger partial charge is 0.493 e. The van der Waals surface area contributed by atoms with E-state index in [1.165, 1.54) is 4.90 Å². The Morgan fingerprint density at radius 1 is 0.850 bits per heavy atom. The van der Waals surface area contributed by atoms with Gasteiger partial charge in [-0.2, -0.15) is 0 Å². The second-order valence-electron chi connectivity index (χ2n) is 11.2. The molecule has 0 unspecified atom stereocenters. The van der Waals surface area contributed by atoms with Crippen LogP contribution in [-0.2, 0) is 20.8 Å². The number of nitrogens with one attached hydrogen (secondary N) is 1. The lowest BCUT2D eigenvalue weighted by Gasteiger charge is -2.37. The molecule has 1 saturated heterocycles. The van der Waals surface area contributed by atoms with E-state index in [1.54, 1.807) is 31.4 Å². The van der Waals surface area contributed by atoms with Crippen molar-refractivity contribution in [2.45, 2.75) is 18.9 Å². The summed E-state index contributed by atoms with van der Waals surface area (Å²) in [5.74, 6) is 1.54. The molecule has 1 N–H and O–H groups in total. The third-order valence-corrected chi connectivity index (χ3v) is 9.00. The molecule has 7 heteroatoms. The van der Waals surface area contributed by atoms with Gasteiger partial charge in [0.25, 0.3) is 0 Å². The van der Waals surface area contributed by atoms with Crippen LogP contribution < -0.4 is 14.8 Å². The van der Waals surface area contributed by atoms with Gasteiger partial charge in [0.1, 0.15) is 11.8 Å². The Bertz CT molecular complexity index is 1460. The van der Waals surface area contributed by atoms with Gasteiger partial charge in [-0.15, -0.1) is 0 Å². The lowest BCUT2D eigenvalue weighted by molar-refractivity contribution is -0.146. The van der Waals surface area contributed by atoms with E-state index in [2.05, 4.69) is 17.5 Å². The number of benzene rings is 3. The molecule has 0 aromatic heterocycles. The van der Waals surface area contributed by atoms with Crippen molar-refractivity contribution in [3.05, 3.63) is 96.6 Å². The highest BCUT2D eigenvalue weighted by atomic mass is 16.5. The number of allylic oxidation sites excluding steroid dienone is 2. The number of para-hydroxylation sites is 2. The fourth-order valence-electron chi connectivity index (χ4n) is 7.09. The number of likely N-dealkylation sites (tertiary alicyclic amines) is 1. The van der Waals surface area contributed by atoms with Crippen LogP contribution in [0.2, 0.25) is 0 Å². The fraction of sp³-hybridized carbons (Fsp3) is 0.303. The molecule has 2 saturated carbocycles. The summed E-state index contributed by atoms with van der Waals surface area (Å²) in [5.41, 5.74) is 1.44. The van der Waals surface area contributed by atoms with Crippen LogP contribution in [0.3, 0.4) is 0 Å². The first-order valence-electron chi connectivity index (χ1n) is 13.8. The number of hydrogen-bond acceptors (Lipinski definition) is 5. The highest BCUT2D eigenvalue weighted by Gasteiger charge is 2.67. The molecule has 0 radical (unpaired) electrons. The Labute approximate surface area is 232 Å². The van der Waals surface area contributed by atoms with Crippen molar-refractivity contribution in [3.63, 3.8) is 0 Å². The second kappa shape index (κ2) is 9.66. The molecule has 0 spiro atoms. The summed E-state index contributed by atoms with van der Waals surface area (Å²) in [7, 11) is 1.58. The summed E-state index contributed by atoms with van der Waals surface area (Å²) in [6.07, 6.45) is 5.65. The van der Waals surface area contributed by atoms with E-state index in [9.17, 15) is 14.4 Å². The minimum Gasteiger partial charge on any atom is -0.493 e. The Morgan fingerprint density at radius 3 is 2.08 bits per heavy atom. The van der Waals surface area contributed by atoms with Crippen molar-refractivity contribution in [2.24, 2.45) is 35.5 Å². The number of hydrogen-bond donors (Lipinski definition) is 1. The maximum absolute atomic E-state index is 13.8. The minimum absolute atomic E-state index is 0.109. The highest BCUT2D eigenvalue weighted by Crippen LogP contribution is 2.65. The average molecular weight is 535 g/mol. The normalized spacial score (nSPS) is 28.1. The monoisotopic (exact) mass is 534 g/mol. The van der Waals surface area contributed by atoms with Crippen LogP contribution >= 0.6 is 0 Å². The van der Waals surface area contributed by atoms with Crippen LogP contribution in [0.4, 0.5) is 5.69 Å². The van der Waals surface area contributed by atoms with Crippen LogP contribution in [0.25, 0.3) is 0 Å². The summed E-state index contributed by atoms with van der Waals surface area (Å²) in [5, 5.41) is 2.95. The topological polar surface area (TPSA) is 84.9 Å². The standard InChI is InChI=1S/C33H30N2O5/c1-39-27-9-5-6-10-28(27)40-21-13-11-20(12-14-21)34-31(36)26(17-19-7-3-2-4-8-19)35-32(37)29-22-15-16-23(25-18-24(22)25)30(29)33(35)38/h2-16,22-26,29-30H,17-18H2,1H3,(H,34,36)/t22-,23-,24-,25+,26-,29-,30+/m0/s1. The summed E-state index contributed by atoms with van der Waals surface area (Å²) in [6.45, 7) is 0. The fourth-order valence-corrected chi connectivity index (χ4v) is 7.09. The number of carbonyl (C=O) groups excluding carboxylic acids is 3. The molecule has 3 aromatic rings. The van der Waals surface area contributed by atoms with E-state index in [1.807, 2.05) is 54.6 Å². The van der Waals surface area contributed by atoms with E-state index in [4.69, 9.17) is 9.47 Å². The number of ether oxygens (including phenoxy) is 2. The average Bonchev–Trinajstić information content (AvgIpc) is 3.77. The maximum atomic E-state index is 13.8. The van der Waals surface area contributed by atoms with E-state index >= 15 is 0 Å². The third kappa shape index (κ3) is 4.08. The smallest absolute Gasteiger partial charge is 0.248 e. The van der Waals surface area contributed by atoms with Crippen LogP contribution in [0.5, 0.6) is 17.2 Å². The highest BCUT2D eigenvalue weighted by molar-refractivity contribution is 6.10. The third-order valence-electron chi connectivity index (χ3n) is 9.00. The molecule has 5 aliphatic rings.